The largest absolute Gasteiger partial charge is 0.392 e. The van der Waals surface area contributed by atoms with Crippen molar-refractivity contribution in [2.75, 3.05) is 0 Å². The average Bonchev–Trinajstić information content (AvgIpc) is 2.70. The molecule has 0 atom stereocenters. The molecule has 0 fully saturated rings. The Labute approximate surface area is 86.6 Å². The summed E-state index contributed by atoms with van der Waals surface area (Å²) < 4.78 is 1.79. The molecule has 0 aliphatic carbocycles. The fourth-order valence-electron chi connectivity index (χ4n) is 1.37. The summed E-state index contributed by atoms with van der Waals surface area (Å²) in [5, 5.41) is 9.76. The molecule has 1 N–H and O–H groups in total. The quantitative estimate of drug-likeness (QED) is 0.820. The molecule has 2 aromatic rings. The zero-order chi connectivity index (χ0) is 9.97. The maximum atomic E-state index is 9.15. The topological polar surface area (TPSA) is 38.0 Å². The number of aromatic nitrogens is 2. The molecule has 0 aliphatic heterocycles. The van der Waals surface area contributed by atoms with Crippen molar-refractivity contribution in [3.8, 4) is 5.69 Å². The Kier molecular flexibility index (Phi) is 2.52. The van der Waals surface area contributed by atoms with E-state index in [4.69, 9.17) is 16.7 Å². The molecule has 1 aromatic carbocycles. The predicted octanol–water partition coefficient (Wildman–Crippen LogP) is 2.02. The molecule has 0 unspecified atom stereocenters. The van der Waals surface area contributed by atoms with Gasteiger partial charge in [-0.2, -0.15) is 0 Å². The van der Waals surface area contributed by atoms with Crippen LogP contribution in [0.25, 0.3) is 5.69 Å². The molecule has 0 aliphatic rings. The van der Waals surface area contributed by atoms with Gasteiger partial charge in [-0.3, -0.25) is 0 Å². The maximum Gasteiger partial charge on any atom is 0.0992 e. The van der Waals surface area contributed by atoms with E-state index in [1.165, 1.54) is 0 Å². The number of nitrogens with zero attached hydrogens (tertiary/aromatic N) is 2. The van der Waals surface area contributed by atoms with Crippen LogP contribution in [0.1, 0.15) is 5.56 Å². The second-order valence-corrected chi connectivity index (χ2v) is 3.28. The van der Waals surface area contributed by atoms with Crippen molar-refractivity contribution in [2.45, 2.75) is 6.61 Å². The Balaban J connectivity index is 2.61. The number of aliphatic hydroxyl groups excluding tert-OH is 1. The predicted molar refractivity (Wildman–Crippen MR) is 54.5 cm³/mol. The van der Waals surface area contributed by atoms with E-state index in [1.54, 1.807) is 29.4 Å². The normalized spacial score (nSPS) is 10.4. The van der Waals surface area contributed by atoms with Crippen molar-refractivity contribution in [2.24, 2.45) is 0 Å². The molecule has 0 bridgehead atoms. The van der Waals surface area contributed by atoms with Crippen LogP contribution in [-0.2, 0) is 6.61 Å². The molecule has 0 amide bonds. The minimum atomic E-state index is -0.0337. The summed E-state index contributed by atoms with van der Waals surface area (Å²) in [4.78, 5) is 3.94. The number of imidazole rings is 1. The zero-order valence-corrected chi connectivity index (χ0v) is 8.15. The first-order valence-electron chi connectivity index (χ1n) is 4.19. The third-order valence-corrected chi connectivity index (χ3v) is 2.31. The molecule has 0 saturated carbocycles. The van der Waals surface area contributed by atoms with Gasteiger partial charge in [0, 0.05) is 18.0 Å². The van der Waals surface area contributed by atoms with Gasteiger partial charge in [-0.15, -0.1) is 0 Å². The first-order valence-corrected chi connectivity index (χ1v) is 4.57. The number of benzene rings is 1. The standard InChI is InChI=1S/C10H9ClN2O/c11-9-3-1-2-8(6-14)10(9)13-5-4-12-7-13/h1-5,7,14H,6H2. The van der Waals surface area contributed by atoms with Crippen molar-refractivity contribution in [3.05, 3.63) is 47.5 Å². The lowest BCUT2D eigenvalue weighted by Crippen LogP contribution is -1.98. The SMILES string of the molecule is OCc1cccc(Cl)c1-n1ccnc1. The van der Waals surface area contributed by atoms with Crippen LogP contribution in [0, 0.1) is 0 Å². The monoisotopic (exact) mass is 208 g/mol. The highest BCUT2D eigenvalue weighted by Crippen LogP contribution is 2.24. The van der Waals surface area contributed by atoms with Crippen molar-refractivity contribution >= 4 is 11.6 Å². The Morgan fingerprint density at radius 2 is 2.29 bits per heavy atom. The van der Waals surface area contributed by atoms with Gasteiger partial charge in [0.1, 0.15) is 0 Å². The van der Waals surface area contributed by atoms with E-state index in [1.807, 2.05) is 12.1 Å². The Bertz CT molecular complexity index is 426. The highest BCUT2D eigenvalue weighted by Gasteiger charge is 2.07. The number of para-hydroxylation sites is 1. The number of halogens is 1. The van der Waals surface area contributed by atoms with E-state index in [0.29, 0.717) is 5.02 Å². The van der Waals surface area contributed by atoms with Gasteiger partial charge >= 0.3 is 0 Å². The van der Waals surface area contributed by atoms with Crippen LogP contribution < -0.4 is 0 Å². The molecular formula is C10H9ClN2O. The third kappa shape index (κ3) is 1.52. The van der Waals surface area contributed by atoms with Crippen molar-refractivity contribution in [1.29, 1.82) is 0 Å². The van der Waals surface area contributed by atoms with E-state index in [-0.39, 0.29) is 6.61 Å². The third-order valence-electron chi connectivity index (χ3n) is 2.00. The molecule has 1 heterocycles. The van der Waals surface area contributed by atoms with Crippen LogP contribution in [0.15, 0.2) is 36.9 Å². The van der Waals surface area contributed by atoms with Crippen LogP contribution in [-0.4, -0.2) is 14.7 Å². The lowest BCUT2D eigenvalue weighted by molar-refractivity contribution is 0.281. The first-order chi connectivity index (χ1) is 6.83. The van der Waals surface area contributed by atoms with Gasteiger partial charge < -0.3 is 9.67 Å². The number of hydrogen-bond donors (Lipinski definition) is 1. The number of aliphatic hydroxyl groups is 1. The highest BCUT2D eigenvalue weighted by atomic mass is 35.5. The fraction of sp³-hybridized carbons (Fsp3) is 0.100. The summed E-state index contributed by atoms with van der Waals surface area (Å²) in [5.74, 6) is 0. The maximum absolute atomic E-state index is 9.15. The number of rotatable bonds is 2. The molecule has 0 saturated heterocycles. The van der Waals surface area contributed by atoms with Crippen LogP contribution in [0.4, 0.5) is 0 Å². The summed E-state index contributed by atoms with van der Waals surface area (Å²) in [6, 6.07) is 5.44. The number of hydrogen-bond acceptors (Lipinski definition) is 2. The molecule has 0 radical (unpaired) electrons. The summed E-state index contributed by atoms with van der Waals surface area (Å²) in [5.41, 5.74) is 1.57. The molecule has 1 aromatic heterocycles. The molecule has 14 heavy (non-hydrogen) atoms. The minimum absolute atomic E-state index is 0.0337. The van der Waals surface area contributed by atoms with Crippen LogP contribution in [0.2, 0.25) is 5.02 Å². The molecular weight excluding hydrogens is 200 g/mol. The van der Waals surface area contributed by atoms with Crippen molar-refractivity contribution in [1.82, 2.24) is 9.55 Å². The van der Waals surface area contributed by atoms with Gasteiger partial charge in [0.2, 0.25) is 0 Å². The molecule has 0 spiro atoms. The molecule has 3 nitrogen and oxygen atoms in total. The van der Waals surface area contributed by atoms with E-state index in [2.05, 4.69) is 4.98 Å². The van der Waals surface area contributed by atoms with Crippen LogP contribution in [0.5, 0.6) is 0 Å². The zero-order valence-electron chi connectivity index (χ0n) is 7.39. The fourth-order valence-corrected chi connectivity index (χ4v) is 1.66. The van der Waals surface area contributed by atoms with E-state index in [9.17, 15) is 0 Å². The van der Waals surface area contributed by atoms with Crippen molar-refractivity contribution in [3.63, 3.8) is 0 Å². The molecule has 72 valence electrons. The summed E-state index contributed by atoms with van der Waals surface area (Å²) in [6.45, 7) is -0.0337. The van der Waals surface area contributed by atoms with Gasteiger partial charge in [0.15, 0.2) is 0 Å². The van der Waals surface area contributed by atoms with E-state index >= 15 is 0 Å². The van der Waals surface area contributed by atoms with Gasteiger partial charge in [-0.1, -0.05) is 23.7 Å². The second kappa shape index (κ2) is 3.82. The van der Waals surface area contributed by atoms with Gasteiger partial charge in [0.05, 0.1) is 23.6 Å². The van der Waals surface area contributed by atoms with Gasteiger partial charge in [0.25, 0.3) is 0 Å². The second-order valence-electron chi connectivity index (χ2n) is 2.88. The van der Waals surface area contributed by atoms with Gasteiger partial charge in [-0.25, -0.2) is 4.98 Å². The van der Waals surface area contributed by atoms with Crippen molar-refractivity contribution < 1.29 is 5.11 Å². The molecule has 4 heteroatoms. The average molecular weight is 209 g/mol. The summed E-state index contributed by atoms with van der Waals surface area (Å²) >= 11 is 6.04. The minimum Gasteiger partial charge on any atom is -0.392 e. The van der Waals surface area contributed by atoms with Crippen LogP contribution in [0.3, 0.4) is 0 Å². The summed E-state index contributed by atoms with van der Waals surface area (Å²) in [7, 11) is 0. The van der Waals surface area contributed by atoms with Crippen LogP contribution >= 0.6 is 11.6 Å². The summed E-state index contributed by atoms with van der Waals surface area (Å²) in [6.07, 6.45) is 5.12. The Morgan fingerprint density at radius 3 is 2.93 bits per heavy atom. The Morgan fingerprint density at radius 1 is 1.43 bits per heavy atom. The van der Waals surface area contributed by atoms with E-state index in [0.717, 1.165) is 11.3 Å². The lowest BCUT2D eigenvalue weighted by atomic mass is 10.2. The molecule has 2 rings (SSSR count). The first kappa shape index (κ1) is 9.24. The lowest BCUT2D eigenvalue weighted by Gasteiger charge is -2.09. The van der Waals surface area contributed by atoms with E-state index < -0.39 is 0 Å². The smallest absolute Gasteiger partial charge is 0.0992 e. The van der Waals surface area contributed by atoms with Gasteiger partial charge in [-0.05, 0) is 6.07 Å². The Hall–Kier alpha value is -1.32. The highest BCUT2D eigenvalue weighted by molar-refractivity contribution is 6.32.